The van der Waals surface area contributed by atoms with E-state index >= 15 is 0 Å². The van der Waals surface area contributed by atoms with Crippen molar-refractivity contribution >= 4 is 0 Å². The molecule has 3 atom stereocenters. The minimum atomic E-state index is -0.754. The van der Waals surface area contributed by atoms with Crippen LogP contribution in [0.1, 0.15) is 37.8 Å². The lowest BCUT2D eigenvalue weighted by Crippen LogP contribution is -2.46. The van der Waals surface area contributed by atoms with Crippen LogP contribution in [0, 0.1) is 6.92 Å². The van der Waals surface area contributed by atoms with Gasteiger partial charge in [-0.3, -0.25) is 0 Å². The minimum Gasteiger partial charge on any atom is -0.465 e. The van der Waals surface area contributed by atoms with Crippen molar-refractivity contribution in [3.63, 3.8) is 0 Å². The number of nitrogens with one attached hydrogen (secondary N) is 1. The summed E-state index contributed by atoms with van der Waals surface area (Å²) in [6.07, 6.45) is 0.575. The summed E-state index contributed by atoms with van der Waals surface area (Å²) < 4.78 is 10.9. The lowest BCUT2D eigenvalue weighted by molar-refractivity contribution is -0.0277. The van der Waals surface area contributed by atoms with Gasteiger partial charge in [0.1, 0.15) is 17.1 Å². The second kappa shape index (κ2) is 4.80. The van der Waals surface area contributed by atoms with Crippen LogP contribution in [0.15, 0.2) is 16.5 Å². The predicted molar refractivity (Wildman–Crippen MR) is 64.8 cm³/mol. The molecule has 0 amide bonds. The first-order chi connectivity index (χ1) is 8.01. The number of rotatable bonds is 4. The topological polar surface area (TPSA) is 54.6 Å². The molecule has 0 spiro atoms. The van der Waals surface area contributed by atoms with E-state index in [0.29, 0.717) is 19.6 Å². The van der Waals surface area contributed by atoms with Crippen LogP contribution in [0.3, 0.4) is 0 Å². The van der Waals surface area contributed by atoms with E-state index in [9.17, 15) is 5.11 Å². The molecule has 1 aromatic rings. The maximum atomic E-state index is 10.3. The van der Waals surface area contributed by atoms with Gasteiger partial charge >= 0.3 is 0 Å². The van der Waals surface area contributed by atoms with Gasteiger partial charge in [0, 0.05) is 19.6 Å². The number of hydrogen-bond acceptors (Lipinski definition) is 4. The van der Waals surface area contributed by atoms with Gasteiger partial charge in [-0.15, -0.1) is 0 Å². The predicted octanol–water partition coefficient (Wildman–Crippen LogP) is 1.78. The third kappa shape index (κ3) is 2.70. The molecule has 96 valence electrons. The van der Waals surface area contributed by atoms with Gasteiger partial charge in [0.2, 0.25) is 0 Å². The molecule has 1 saturated heterocycles. The zero-order valence-electron chi connectivity index (χ0n) is 10.7. The number of ether oxygens (including phenoxy) is 1. The molecule has 0 aromatic carbocycles. The molecule has 1 aliphatic heterocycles. The first-order valence-electron chi connectivity index (χ1n) is 6.15. The first kappa shape index (κ1) is 12.6. The average molecular weight is 239 g/mol. The lowest BCUT2D eigenvalue weighted by Gasteiger charge is -2.27. The van der Waals surface area contributed by atoms with Gasteiger partial charge in [0.25, 0.3) is 0 Å². The van der Waals surface area contributed by atoms with Gasteiger partial charge in [-0.1, -0.05) is 0 Å². The van der Waals surface area contributed by atoms with Gasteiger partial charge in [-0.05, 0) is 32.9 Å². The lowest BCUT2D eigenvalue weighted by atomic mass is 9.96. The molecule has 1 fully saturated rings. The summed E-state index contributed by atoms with van der Waals surface area (Å²) in [4.78, 5) is 0. The summed E-state index contributed by atoms with van der Waals surface area (Å²) in [5.74, 6) is 1.81. The standard InChI is InChI=1S/C13H21NO3/c1-9-4-5-12(17-9)10(2)14-8-13(15)6-7-16-11(13)3/h4-5,10-11,14-15H,6-8H2,1-3H3. The molecule has 1 aromatic heterocycles. The van der Waals surface area contributed by atoms with Crippen LogP contribution >= 0.6 is 0 Å². The molecule has 2 heterocycles. The molecule has 2 rings (SSSR count). The molecule has 17 heavy (non-hydrogen) atoms. The van der Waals surface area contributed by atoms with Crippen molar-refractivity contribution in [3.05, 3.63) is 23.7 Å². The van der Waals surface area contributed by atoms with Gasteiger partial charge in [0.15, 0.2) is 0 Å². The van der Waals surface area contributed by atoms with E-state index in [1.165, 1.54) is 0 Å². The van der Waals surface area contributed by atoms with Crippen molar-refractivity contribution in [3.8, 4) is 0 Å². The molecule has 3 unspecified atom stereocenters. The van der Waals surface area contributed by atoms with Gasteiger partial charge < -0.3 is 19.6 Å². The minimum absolute atomic E-state index is 0.0977. The fraction of sp³-hybridized carbons (Fsp3) is 0.692. The zero-order chi connectivity index (χ0) is 12.5. The molecule has 0 saturated carbocycles. The fourth-order valence-electron chi connectivity index (χ4n) is 2.12. The summed E-state index contributed by atoms with van der Waals surface area (Å²) in [7, 11) is 0. The maximum Gasteiger partial charge on any atom is 0.120 e. The van der Waals surface area contributed by atoms with E-state index in [4.69, 9.17) is 9.15 Å². The summed E-state index contributed by atoms with van der Waals surface area (Å²) in [5, 5.41) is 13.6. The maximum absolute atomic E-state index is 10.3. The normalized spacial score (nSPS) is 30.7. The summed E-state index contributed by atoms with van der Waals surface area (Å²) in [6, 6.07) is 4.01. The Morgan fingerprint density at radius 3 is 2.88 bits per heavy atom. The van der Waals surface area contributed by atoms with Gasteiger partial charge in [0.05, 0.1) is 12.1 Å². The largest absolute Gasteiger partial charge is 0.465 e. The van der Waals surface area contributed by atoms with E-state index < -0.39 is 5.60 Å². The summed E-state index contributed by atoms with van der Waals surface area (Å²) in [6.45, 7) is 7.03. The quantitative estimate of drug-likeness (QED) is 0.841. The van der Waals surface area contributed by atoms with Crippen LogP contribution in [0.4, 0.5) is 0 Å². The zero-order valence-corrected chi connectivity index (χ0v) is 10.7. The highest BCUT2D eigenvalue weighted by Crippen LogP contribution is 2.26. The van der Waals surface area contributed by atoms with Crippen molar-refractivity contribution < 1.29 is 14.3 Å². The highest BCUT2D eigenvalue weighted by atomic mass is 16.5. The Bertz CT molecular complexity index is 376. The number of furan rings is 1. The van der Waals surface area contributed by atoms with Crippen molar-refractivity contribution in [1.29, 1.82) is 0 Å². The Morgan fingerprint density at radius 1 is 1.59 bits per heavy atom. The van der Waals surface area contributed by atoms with Crippen molar-refractivity contribution in [1.82, 2.24) is 5.32 Å². The number of hydrogen-bond donors (Lipinski definition) is 2. The monoisotopic (exact) mass is 239 g/mol. The van der Waals surface area contributed by atoms with Crippen LogP contribution in [0.2, 0.25) is 0 Å². The smallest absolute Gasteiger partial charge is 0.120 e. The van der Waals surface area contributed by atoms with Crippen LogP contribution in [0.5, 0.6) is 0 Å². The van der Waals surface area contributed by atoms with Crippen molar-refractivity contribution in [2.45, 2.75) is 44.9 Å². The highest BCUT2D eigenvalue weighted by molar-refractivity contribution is 5.09. The van der Waals surface area contributed by atoms with E-state index in [2.05, 4.69) is 5.32 Å². The van der Waals surface area contributed by atoms with Gasteiger partial charge in [-0.25, -0.2) is 0 Å². The Balaban J connectivity index is 1.90. The molecule has 2 N–H and O–H groups in total. The third-order valence-corrected chi connectivity index (χ3v) is 3.56. The molecule has 0 radical (unpaired) electrons. The molecule has 1 aliphatic rings. The van der Waals surface area contributed by atoms with E-state index in [1.807, 2.05) is 32.9 Å². The molecule has 0 bridgehead atoms. The number of aliphatic hydroxyl groups is 1. The Hall–Kier alpha value is -0.840. The van der Waals surface area contributed by atoms with Crippen LogP contribution < -0.4 is 5.32 Å². The summed E-state index contributed by atoms with van der Waals surface area (Å²) >= 11 is 0. The fourth-order valence-corrected chi connectivity index (χ4v) is 2.12. The second-order valence-electron chi connectivity index (χ2n) is 4.92. The summed E-state index contributed by atoms with van der Waals surface area (Å²) in [5.41, 5.74) is -0.754. The van der Waals surface area contributed by atoms with E-state index in [-0.39, 0.29) is 12.1 Å². The van der Waals surface area contributed by atoms with E-state index in [0.717, 1.165) is 11.5 Å². The average Bonchev–Trinajstić information content (AvgIpc) is 2.84. The number of aryl methyl sites for hydroxylation is 1. The Labute approximate surface area is 102 Å². The molecular weight excluding hydrogens is 218 g/mol. The van der Waals surface area contributed by atoms with Crippen molar-refractivity contribution in [2.24, 2.45) is 0 Å². The second-order valence-corrected chi connectivity index (χ2v) is 4.92. The molecular formula is C13H21NO3. The highest BCUT2D eigenvalue weighted by Gasteiger charge is 2.39. The van der Waals surface area contributed by atoms with Gasteiger partial charge in [-0.2, -0.15) is 0 Å². The molecule has 4 heteroatoms. The molecule has 0 aliphatic carbocycles. The SMILES string of the molecule is Cc1ccc(C(C)NCC2(O)CCOC2C)o1. The molecule has 4 nitrogen and oxygen atoms in total. The van der Waals surface area contributed by atoms with Crippen LogP contribution in [0.25, 0.3) is 0 Å². The van der Waals surface area contributed by atoms with Crippen LogP contribution in [-0.2, 0) is 4.74 Å². The van der Waals surface area contributed by atoms with Crippen LogP contribution in [-0.4, -0.2) is 30.0 Å². The van der Waals surface area contributed by atoms with E-state index in [1.54, 1.807) is 0 Å². The van der Waals surface area contributed by atoms with Crippen molar-refractivity contribution in [2.75, 3.05) is 13.2 Å². The first-order valence-corrected chi connectivity index (χ1v) is 6.15. The third-order valence-electron chi connectivity index (χ3n) is 3.56. The Morgan fingerprint density at radius 2 is 2.35 bits per heavy atom. The Kier molecular flexibility index (Phi) is 3.56.